The molecule has 0 nitrogen and oxygen atoms in total. The smallest absolute Gasteiger partial charge is 0.0897 e. The van der Waals surface area contributed by atoms with Crippen LogP contribution in [0.3, 0.4) is 0 Å². The minimum absolute atomic E-state index is 0.343. The highest BCUT2D eigenvalue weighted by Gasteiger charge is 2.13. The highest BCUT2D eigenvalue weighted by Crippen LogP contribution is 2.37. The summed E-state index contributed by atoms with van der Waals surface area (Å²) in [4.78, 5) is 0. The molecule has 0 bridgehead atoms. The van der Waals surface area contributed by atoms with Gasteiger partial charge in [0.05, 0.1) is 26.8 Å². The number of hydrogen-bond donors (Lipinski definition) is 0. The van der Waals surface area contributed by atoms with Crippen molar-refractivity contribution in [3.05, 3.63) is 31.7 Å². The third-order valence-electron chi connectivity index (χ3n) is 1.76. The van der Waals surface area contributed by atoms with E-state index in [1.807, 2.05) is 0 Å². The first-order chi connectivity index (χ1) is 6.57. The van der Waals surface area contributed by atoms with Crippen LogP contribution in [0.15, 0.2) is 6.07 Å². The Hall–Kier alpha value is 0.310. The molecule has 0 heterocycles. The maximum atomic E-state index is 12.0. The quantitative estimate of drug-likeness (QED) is 0.665. The summed E-state index contributed by atoms with van der Waals surface area (Å²) in [5, 5.41) is 1.40. The predicted molar refractivity (Wildman–Crippen MR) is 60.8 cm³/mol. The van der Waals surface area contributed by atoms with E-state index in [4.69, 9.17) is 46.4 Å². The molecule has 0 saturated carbocycles. The largest absolute Gasteiger partial charge is 0.251 e. The average molecular weight is 276 g/mol. The molecule has 0 aromatic heterocycles. The second-order valence-electron chi connectivity index (χ2n) is 2.74. The van der Waals surface area contributed by atoms with Gasteiger partial charge in [-0.3, -0.25) is 4.39 Å². The molecule has 0 radical (unpaired) electrons. The first-order valence-corrected chi connectivity index (χ1v) is 5.47. The molecule has 14 heavy (non-hydrogen) atoms. The van der Waals surface area contributed by atoms with Crippen LogP contribution in [-0.2, 0) is 6.42 Å². The summed E-state index contributed by atoms with van der Waals surface area (Å²) in [7, 11) is 0. The molecule has 1 aromatic rings. The van der Waals surface area contributed by atoms with Crippen LogP contribution in [0, 0.1) is 0 Å². The molecule has 1 rings (SSSR count). The Kier molecular flexibility index (Phi) is 4.78. The van der Waals surface area contributed by atoms with Crippen molar-refractivity contribution in [3.63, 3.8) is 0 Å². The zero-order valence-corrected chi connectivity index (χ0v) is 10.1. The van der Waals surface area contributed by atoms with Gasteiger partial charge in [0.2, 0.25) is 0 Å². The molecule has 0 atom stereocenters. The molecule has 0 amide bonds. The molecular weight excluding hydrogens is 269 g/mol. The summed E-state index contributed by atoms with van der Waals surface area (Å²) in [6.07, 6.45) is 0.796. The van der Waals surface area contributed by atoms with Gasteiger partial charge in [-0.2, -0.15) is 0 Å². The lowest BCUT2D eigenvalue weighted by molar-refractivity contribution is 0.473. The van der Waals surface area contributed by atoms with Gasteiger partial charge in [0, 0.05) is 0 Å². The fraction of sp³-hybridized carbons (Fsp3) is 0.333. The van der Waals surface area contributed by atoms with Crippen LogP contribution in [0.5, 0.6) is 0 Å². The molecule has 0 unspecified atom stereocenters. The summed E-state index contributed by atoms with van der Waals surface area (Å²) >= 11 is 23.4. The van der Waals surface area contributed by atoms with E-state index in [1.165, 1.54) is 6.07 Å². The van der Waals surface area contributed by atoms with Crippen LogP contribution in [0.4, 0.5) is 4.39 Å². The lowest BCUT2D eigenvalue weighted by Gasteiger charge is -2.08. The Morgan fingerprint density at radius 3 is 1.93 bits per heavy atom. The van der Waals surface area contributed by atoms with Gasteiger partial charge >= 0.3 is 0 Å². The fourth-order valence-corrected chi connectivity index (χ4v) is 2.12. The van der Waals surface area contributed by atoms with Crippen LogP contribution >= 0.6 is 46.4 Å². The van der Waals surface area contributed by atoms with Gasteiger partial charge in [0.25, 0.3) is 0 Å². The van der Waals surface area contributed by atoms with Crippen molar-refractivity contribution >= 4 is 46.4 Å². The van der Waals surface area contributed by atoms with Crippen molar-refractivity contribution in [2.45, 2.75) is 12.8 Å². The normalized spacial score (nSPS) is 10.6. The summed E-state index contributed by atoms with van der Waals surface area (Å²) in [5.74, 6) is 0. The van der Waals surface area contributed by atoms with Gasteiger partial charge < -0.3 is 0 Å². The number of hydrogen-bond acceptors (Lipinski definition) is 0. The Balaban J connectivity index is 3.11. The van der Waals surface area contributed by atoms with Crippen molar-refractivity contribution in [1.29, 1.82) is 0 Å². The van der Waals surface area contributed by atoms with Gasteiger partial charge in [-0.05, 0) is 24.5 Å². The van der Waals surface area contributed by atoms with E-state index < -0.39 is 6.67 Å². The summed E-state index contributed by atoms with van der Waals surface area (Å²) in [6, 6.07) is 1.48. The van der Waals surface area contributed by atoms with Gasteiger partial charge in [-0.1, -0.05) is 46.4 Å². The first kappa shape index (κ1) is 12.4. The third kappa shape index (κ3) is 2.66. The zero-order chi connectivity index (χ0) is 10.7. The van der Waals surface area contributed by atoms with E-state index in [9.17, 15) is 4.39 Å². The SMILES string of the molecule is FCCCc1c(Cl)c(Cl)cc(Cl)c1Cl. The standard InChI is InChI=1S/C9H7Cl4F/c10-6-4-7(11)9(13)5(8(6)12)2-1-3-14/h4H,1-3H2. The third-order valence-corrected chi connectivity index (χ3v) is 3.42. The second-order valence-corrected chi connectivity index (χ2v) is 4.31. The Bertz CT molecular complexity index is 312. The zero-order valence-electron chi connectivity index (χ0n) is 7.09. The van der Waals surface area contributed by atoms with Crippen LogP contribution in [-0.4, -0.2) is 6.67 Å². The number of rotatable bonds is 3. The molecule has 0 spiro atoms. The van der Waals surface area contributed by atoms with Gasteiger partial charge in [-0.25, -0.2) is 0 Å². The number of alkyl halides is 1. The van der Waals surface area contributed by atoms with Crippen molar-refractivity contribution in [2.75, 3.05) is 6.67 Å². The van der Waals surface area contributed by atoms with Crippen molar-refractivity contribution in [2.24, 2.45) is 0 Å². The molecule has 78 valence electrons. The molecule has 0 fully saturated rings. The van der Waals surface area contributed by atoms with Crippen LogP contribution < -0.4 is 0 Å². The van der Waals surface area contributed by atoms with E-state index in [0.717, 1.165) is 0 Å². The first-order valence-electron chi connectivity index (χ1n) is 3.95. The van der Waals surface area contributed by atoms with E-state index in [0.29, 0.717) is 38.5 Å². The van der Waals surface area contributed by atoms with Crippen molar-refractivity contribution in [3.8, 4) is 0 Å². The Labute approximate surface area is 102 Å². The number of halogens is 5. The maximum absolute atomic E-state index is 12.0. The second kappa shape index (κ2) is 5.41. The average Bonchev–Trinajstić information content (AvgIpc) is 2.15. The molecule has 0 aliphatic rings. The van der Waals surface area contributed by atoms with E-state index >= 15 is 0 Å². The molecule has 0 saturated heterocycles. The van der Waals surface area contributed by atoms with Crippen molar-refractivity contribution in [1.82, 2.24) is 0 Å². The van der Waals surface area contributed by atoms with Gasteiger partial charge in [0.15, 0.2) is 0 Å². The lowest BCUT2D eigenvalue weighted by atomic mass is 10.1. The molecule has 0 aliphatic heterocycles. The van der Waals surface area contributed by atoms with Crippen molar-refractivity contribution < 1.29 is 4.39 Å². The maximum Gasteiger partial charge on any atom is 0.0897 e. The van der Waals surface area contributed by atoms with E-state index in [2.05, 4.69) is 0 Å². The summed E-state index contributed by atoms with van der Waals surface area (Å²) in [5.41, 5.74) is 0.614. The van der Waals surface area contributed by atoms with Crippen LogP contribution in [0.25, 0.3) is 0 Å². The van der Waals surface area contributed by atoms with Crippen LogP contribution in [0.2, 0.25) is 20.1 Å². The molecule has 0 aliphatic carbocycles. The molecule has 5 heteroatoms. The minimum Gasteiger partial charge on any atom is -0.251 e. The van der Waals surface area contributed by atoms with E-state index in [-0.39, 0.29) is 0 Å². The lowest BCUT2D eigenvalue weighted by Crippen LogP contribution is -1.91. The van der Waals surface area contributed by atoms with Crippen LogP contribution in [0.1, 0.15) is 12.0 Å². The number of benzene rings is 1. The highest BCUT2D eigenvalue weighted by atomic mass is 35.5. The Morgan fingerprint density at radius 1 is 1.00 bits per heavy atom. The molecular formula is C9H7Cl4F. The Morgan fingerprint density at radius 2 is 1.50 bits per heavy atom. The van der Waals surface area contributed by atoms with E-state index in [1.54, 1.807) is 0 Å². The predicted octanol–water partition coefficient (Wildman–Crippen LogP) is 5.20. The van der Waals surface area contributed by atoms with Gasteiger partial charge in [-0.15, -0.1) is 0 Å². The monoisotopic (exact) mass is 274 g/mol. The van der Waals surface area contributed by atoms with Gasteiger partial charge in [0.1, 0.15) is 0 Å². The topological polar surface area (TPSA) is 0 Å². The molecule has 0 N–H and O–H groups in total. The highest BCUT2D eigenvalue weighted by molar-refractivity contribution is 6.48. The summed E-state index contributed by atoms with van der Waals surface area (Å²) in [6.45, 7) is -0.420. The fourth-order valence-electron chi connectivity index (χ4n) is 1.09. The minimum atomic E-state index is -0.420. The molecule has 1 aromatic carbocycles. The summed E-state index contributed by atoms with van der Waals surface area (Å²) < 4.78 is 12.0.